The minimum Gasteiger partial charge on any atom is -0.314 e. The molecule has 2 nitrogen and oxygen atoms in total. The second-order valence-electron chi connectivity index (χ2n) is 14.3. The maximum Gasteiger partial charge on any atom is 0.0539 e. The molecular formula is C56H50N2. The van der Waals surface area contributed by atoms with Crippen LogP contribution in [0.4, 0.5) is 22.7 Å². The van der Waals surface area contributed by atoms with Crippen molar-refractivity contribution in [3.63, 3.8) is 0 Å². The van der Waals surface area contributed by atoms with Crippen LogP contribution < -0.4 is 9.80 Å². The van der Waals surface area contributed by atoms with Crippen molar-refractivity contribution in [3.05, 3.63) is 242 Å². The number of nitrogens with zero attached hydrogens (tertiary/aromatic N) is 2. The van der Waals surface area contributed by atoms with Gasteiger partial charge in [0.2, 0.25) is 0 Å². The zero-order valence-electron chi connectivity index (χ0n) is 33.9. The Balaban J connectivity index is 1.26. The van der Waals surface area contributed by atoms with Crippen LogP contribution in [0, 0.1) is 6.92 Å². The number of hydrogen-bond donors (Lipinski definition) is 0. The highest BCUT2D eigenvalue weighted by Crippen LogP contribution is 2.42. The summed E-state index contributed by atoms with van der Waals surface area (Å²) in [5.74, 6) is 0. The van der Waals surface area contributed by atoms with E-state index in [2.05, 4.69) is 244 Å². The molecule has 0 aliphatic heterocycles. The van der Waals surface area contributed by atoms with Crippen molar-refractivity contribution in [2.45, 2.75) is 27.7 Å². The quantitative estimate of drug-likeness (QED) is 0.108. The molecule has 284 valence electrons. The Hall–Kier alpha value is -7.16. The van der Waals surface area contributed by atoms with Crippen LogP contribution in [0.1, 0.15) is 26.3 Å². The van der Waals surface area contributed by atoms with Gasteiger partial charge >= 0.3 is 0 Å². The van der Waals surface area contributed by atoms with E-state index in [0.717, 1.165) is 56.4 Å². The molecule has 0 fully saturated rings. The summed E-state index contributed by atoms with van der Waals surface area (Å²) in [7, 11) is 0. The molecule has 0 saturated heterocycles. The summed E-state index contributed by atoms with van der Waals surface area (Å²) in [5.41, 5.74) is 17.3. The van der Waals surface area contributed by atoms with Gasteiger partial charge in [-0.1, -0.05) is 182 Å². The Kier molecular flexibility index (Phi) is 12.6. The maximum absolute atomic E-state index is 3.87. The molecule has 0 aromatic heterocycles. The fourth-order valence-electron chi connectivity index (χ4n) is 7.49. The molecule has 0 radical (unpaired) electrons. The van der Waals surface area contributed by atoms with E-state index in [-0.39, 0.29) is 0 Å². The molecule has 0 amide bonds. The lowest BCUT2D eigenvalue weighted by Crippen LogP contribution is -2.16. The van der Waals surface area contributed by atoms with Gasteiger partial charge in [-0.05, 0) is 110 Å². The molecule has 58 heavy (non-hydrogen) atoms. The first kappa shape index (κ1) is 39.1. The highest BCUT2D eigenvalue weighted by Gasteiger charge is 2.19. The van der Waals surface area contributed by atoms with Gasteiger partial charge < -0.3 is 9.80 Å². The van der Waals surface area contributed by atoms with Gasteiger partial charge in [0.05, 0.1) is 11.4 Å². The summed E-state index contributed by atoms with van der Waals surface area (Å²) in [4.78, 5) is 4.69. The predicted molar refractivity (Wildman–Crippen MR) is 252 cm³/mol. The lowest BCUT2D eigenvalue weighted by Gasteiger charge is -2.29. The third-order valence-corrected chi connectivity index (χ3v) is 10.3. The average molecular weight is 751 g/mol. The second-order valence-corrected chi connectivity index (χ2v) is 14.3. The van der Waals surface area contributed by atoms with Crippen LogP contribution in [0.2, 0.25) is 0 Å². The Labute approximate surface area is 345 Å². The van der Waals surface area contributed by atoms with Gasteiger partial charge in [0.25, 0.3) is 0 Å². The molecule has 0 aliphatic rings. The van der Waals surface area contributed by atoms with Crippen molar-refractivity contribution < 1.29 is 0 Å². The Morgan fingerprint density at radius 3 is 1.52 bits per heavy atom. The average Bonchev–Trinajstić information content (AvgIpc) is 3.27. The summed E-state index contributed by atoms with van der Waals surface area (Å²) in [6.07, 6.45) is 14.4. The molecule has 7 aromatic carbocycles. The van der Waals surface area contributed by atoms with Crippen LogP contribution in [0.15, 0.2) is 236 Å². The van der Waals surface area contributed by atoms with Crippen LogP contribution in [0.3, 0.4) is 0 Å². The summed E-state index contributed by atoms with van der Waals surface area (Å²) in [5, 5.41) is 0. The van der Waals surface area contributed by atoms with E-state index in [9.17, 15) is 0 Å². The first-order valence-electron chi connectivity index (χ1n) is 20.0. The van der Waals surface area contributed by atoms with E-state index in [4.69, 9.17) is 0 Å². The van der Waals surface area contributed by atoms with Crippen molar-refractivity contribution in [2.24, 2.45) is 0 Å². The van der Waals surface area contributed by atoms with Gasteiger partial charge in [0.1, 0.15) is 0 Å². The maximum atomic E-state index is 3.87. The molecule has 7 rings (SSSR count). The van der Waals surface area contributed by atoms with Gasteiger partial charge in [-0.3, -0.25) is 0 Å². The van der Waals surface area contributed by atoms with E-state index in [0.29, 0.717) is 0 Å². The van der Waals surface area contributed by atoms with Crippen molar-refractivity contribution in [3.8, 4) is 44.5 Å². The third kappa shape index (κ3) is 8.78. The van der Waals surface area contributed by atoms with Crippen LogP contribution in [-0.2, 0) is 0 Å². The van der Waals surface area contributed by atoms with E-state index < -0.39 is 0 Å². The molecule has 0 atom stereocenters. The molecule has 0 aliphatic carbocycles. The van der Waals surface area contributed by atoms with Gasteiger partial charge in [-0.25, -0.2) is 0 Å². The number of para-hydroxylation sites is 2. The Morgan fingerprint density at radius 2 is 0.966 bits per heavy atom. The molecular weight excluding hydrogens is 701 g/mol. The van der Waals surface area contributed by atoms with Crippen molar-refractivity contribution in [1.29, 1.82) is 0 Å². The van der Waals surface area contributed by atoms with Crippen LogP contribution in [-0.4, -0.2) is 0 Å². The monoisotopic (exact) mass is 750 g/mol. The molecule has 0 saturated carbocycles. The first-order valence-corrected chi connectivity index (χ1v) is 20.0. The normalized spacial score (nSPS) is 11.9. The Bertz CT molecular complexity index is 2590. The zero-order chi connectivity index (χ0) is 40.3. The van der Waals surface area contributed by atoms with Gasteiger partial charge in [0.15, 0.2) is 0 Å². The fourth-order valence-corrected chi connectivity index (χ4v) is 7.49. The van der Waals surface area contributed by atoms with Crippen molar-refractivity contribution in [2.75, 3.05) is 9.80 Å². The van der Waals surface area contributed by atoms with E-state index >= 15 is 0 Å². The minimum absolute atomic E-state index is 1.09. The number of rotatable bonds is 13. The van der Waals surface area contributed by atoms with E-state index in [1.54, 1.807) is 6.08 Å². The number of aryl methyl sites for hydroxylation is 1. The largest absolute Gasteiger partial charge is 0.314 e. The first-order chi connectivity index (χ1) is 28.5. The van der Waals surface area contributed by atoms with Gasteiger partial charge in [-0.2, -0.15) is 0 Å². The molecule has 7 aromatic rings. The topological polar surface area (TPSA) is 6.48 Å². The zero-order valence-corrected chi connectivity index (χ0v) is 33.9. The molecule has 0 unspecified atom stereocenters. The van der Waals surface area contributed by atoms with Gasteiger partial charge in [-0.15, -0.1) is 0 Å². The second kappa shape index (κ2) is 18.7. The van der Waals surface area contributed by atoms with Gasteiger partial charge in [0, 0.05) is 33.9 Å². The summed E-state index contributed by atoms with van der Waals surface area (Å²) >= 11 is 0. The SMILES string of the molecule is C=C/C=C\C=C(/C)N(c1ccc(-c2ccccc2)cc1)c1ccccc1-c1ccc(-c2ccccc2N(C(/C=C\C)=C/C)c2ccc(-c3cccc(C)c3)cc2)cc1. The lowest BCUT2D eigenvalue weighted by molar-refractivity contribution is 1.16. The fraction of sp³-hybridized carbons (Fsp3) is 0.0714. The highest BCUT2D eigenvalue weighted by atomic mass is 15.2. The third-order valence-electron chi connectivity index (χ3n) is 10.3. The molecule has 0 heterocycles. The van der Waals surface area contributed by atoms with Crippen LogP contribution in [0.25, 0.3) is 44.5 Å². The minimum atomic E-state index is 1.09. The number of anilines is 4. The predicted octanol–water partition coefficient (Wildman–Crippen LogP) is 16.1. The number of allylic oxidation sites excluding steroid dienone is 8. The lowest BCUT2D eigenvalue weighted by atomic mass is 9.96. The standard InChI is InChI=1S/C56H50N2/c1-6-9-11-21-43(5)57(51-37-33-45(34-38-51)44-22-12-10-13-23-44)55-27-16-14-25-53(55)47-29-31-48(32-30-47)54-26-15-17-28-56(54)58(50(8-3)19-7-2)52-39-35-46(36-40-52)49-24-18-20-42(4)41-49/h6-41H,1H2,2-5H3/b11-9-,19-7-,43-21+,50-8+. The van der Waals surface area contributed by atoms with E-state index in [1.807, 2.05) is 12.2 Å². The summed E-state index contributed by atoms with van der Waals surface area (Å²) in [6, 6.07) is 63.3. The smallest absolute Gasteiger partial charge is 0.0539 e. The molecule has 0 N–H and O–H groups in total. The number of hydrogen-bond acceptors (Lipinski definition) is 2. The van der Waals surface area contributed by atoms with Crippen LogP contribution in [0.5, 0.6) is 0 Å². The number of benzene rings is 7. The molecule has 0 spiro atoms. The molecule has 0 bridgehead atoms. The van der Waals surface area contributed by atoms with Crippen molar-refractivity contribution >= 4 is 22.7 Å². The Morgan fingerprint density at radius 1 is 0.483 bits per heavy atom. The summed E-state index contributed by atoms with van der Waals surface area (Å²) < 4.78 is 0. The summed E-state index contributed by atoms with van der Waals surface area (Å²) in [6.45, 7) is 12.3. The molecule has 2 heteroatoms. The van der Waals surface area contributed by atoms with Crippen molar-refractivity contribution in [1.82, 2.24) is 0 Å². The van der Waals surface area contributed by atoms with Crippen LogP contribution >= 0.6 is 0 Å². The highest BCUT2D eigenvalue weighted by molar-refractivity contribution is 5.89. The van der Waals surface area contributed by atoms with E-state index in [1.165, 1.54) is 27.8 Å².